The van der Waals surface area contributed by atoms with Crippen molar-refractivity contribution >= 4 is 31.5 Å². The van der Waals surface area contributed by atoms with Crippen LogP contribution in [0.5, 0.6) is 0 Å². The van der Waals surface area contributed by atoms with Crippen molar-refractivity contribution in [3.05, 3.63) is 59.7 Å². The molecule has 2 aromatic rings. The fourth-order valence-corrected chi connectivity index (χ4v) is 9.71. The maximum absolute atomic E-state index is 13.1. The van der Waals surface area contributed by atoms with E-state index in [0.29, 0.717) is 13.1 Å². The minimum absolute atomic E-state index is 0. The van der Waals surface area contributed by atoms with Gasteiger partial charge in [-0.1, -0.05) is 51.0 Å². The van der Waals surface area contributed by atoms with E-state index < -0.39 is 41.0 Å². The van der Waals surface area contributed by atoms with Gasteiger partial charge in [0, 0.05) is 16.1 Å². The van der Waals surface area contributed by atoms with Gasteiger partial charge in [0.15, 0.2) is 29.2 Å². The molecule has 2 aliphatic rings. The molecule has 0 radical (unpaired) electrons. The summed E-state index contributed by atoms with van der Waals surface area (Å²) in [6.45, 7) is 5.42. The van der Waals surface area contributed by atoms with Crippen LogP contribution in [-0.4, -0.2) is 86.8 Å². The third kappa shape index (κ3) is 7.58. The van der Waals surface area contributed by atoms with Crippen molar-refractivity contribution < 1.29 is 44.4 Å². The van der Waals surface area contributed by atoms with Gasteiger partial charge in [-0.05, 0) is 94.1 Å². The molecular weight excluding hydrogens is 622 g/mol. The van der Waals surface area contributed by atoms with E-state index in [-0.39, 0.29) is 51.5 Å². The predicted octanol–water partition coefficient (Wildman–Crippen LogP) is 3.34. The van der Waals surface area contributed by atoms with Gasteiger partial charge in [-0.15, -0.1) is 0 Å². The molecule has 12 nitrogen and oxygen atoms in total. The first kappa shape index (κ1) is 36.6. The topological polar surface area (TPSA) is 179 Å². The van der Waals surface area contributed by atoms with Crippen LogP contribution in [0.1, 0.15) is 66.4 Å². The van der Waals surface area contributed by atoms with E-state index in [9.17, 15) is 26.4 Å². The number of likely N-dealkylation sites (tertiary alicyclic amines) is 1. The third-order valence-electron chi connectivity index (χ3n) is 8.70. The lowest BCUT2D eigenvalue weighted by Gasteiger charge is -2.38. The molecule has 0 aliphatic carbocycles. The van der Waals surface area contributed by atoms with E-state index in [4.69, 9.17) is 15.2 Å². The van der Waals surface area contributed by atoms with Crippen LogP contribution < -0.4 is 11.0 Å². The Labute approximate surface area is 268 Å². The standard InChI is InChI=1S/C16H24N2O4S.C15H21NO5S.2H2/c1-3-4-13-5-7-14(8-6-13)23(21,22)16(15(19)17-20)9-11-18(2)12-10-16;1-2-3-12-4-6-13(7-5-12)22(19,20)15(14(17)16-18)8-10-21-11-9-15;;/h5-8,20H,3-4,9-12H2,1-2H3,(H,17,19);4-7,18H,2-3,8-11H2,1H3,(H,16,17);2*1H. The van der Waals surface area contributed by atoms with Crippen LogP contribution in [0, 0.1) is 0 Å². The van der Waals surface area contributed by atoms with Crippen LogP contribution in [0.2, 0.25) is 0 Å². The maximum atomic E-state index is 13.1. The second-order valence-electron chi connectivity index (χ2n) is 11.6. The average Bonchev–Trinajstić information content (AvgIpc) is 3.05. The summed E-state index contributed by atoms with van der Waals surface area (Å²) >= 11 is 0. The lowest BCUT2D eigenvalue weighted by molar-refractivity contribution is -0.134. The zero-order chi connectivity index (χ0) is 33.3. The Balaban J connectivity index is 0.000000451. The zero-order valence-corrected chi connectivity index (χ0v) is 27.8. The number of hydroxylamine groups is 2. The first-order valence-corrected chi connectivity index (χ1v) is 18.1. The van der Waals surface area contributed by atoms with Gasteiger partial charge in [-0.25, -0.2) is 27.8 Å². The molecule has 45 heavy (non-hydrogen) atoms. The molecule has 2 aromatic carbocycles. The highest BCUT2D eigenvalue weighted by Gasteiger charge is 2.53. The van der Waals surface area contributed by atoms with Gasteiger partial charge in [-0.2, -0.15) is 0 Å². The van der Waals surface area contributed by atoms with Gasteiger partial charge < -0.3 is 9.64 Å². The van der Waals surface area contributed by atoms with Gasteiger partial charge in [0.2, 0.25) is 0 Å². The number of piperidine rings is 1. The van der Waals surface area contributed by atoms with E-state index in [1.54, 1.807) is 41.9 Å². The summed E-state index contributed by atoms with van der Waals surface area (Å²) < 4.78 is 54.0. The fourth-order valence-electron chi connectivity index (χ4n) is 5.82. The Kier molecular flexibility index (Phi) is 12.7. The number of ether oxygens (including phenoxy) is 1. The molecule has 0 spiro atoms. The van der Waals surface area contributed by atoms with Crippen molar-refractivity contribution in [1.29, 1.82) is 0 Å². The summed E-state index contributed by atoms with van der Waals surface area (Å²) in [6.07, 6.45) is 4.08. The van der Waals surface area contributed by atoms with E-state index in [1.165, 1.54) is 17.6 Å². The average molecular weight is 672 g/mol. The summed E-state index contributed by atoms with van der Waals surface area (Å²) in [5, 5.41) is 18.0. The second kappa shape index (κ2) is 15.6. The number of aryl methyl sites for hydroxylation is 2. The molecule has 4 rings (SSSR count). The molecule has 0 aromatic heterocycles. The molecule has 2 heterocycles. The van der Waals surface area contributed by atoms with Gasteiger partial charge in [0.05, 0.1) is 9.79 Å². The highest BCUT2D eigenvalue weighted by Crippen LogP contribution is 2.37. The SMILES string of the molecule is CCCc1ccc(S(=O)(=O)C2(C(=O)NO)CCN(C)CC2)cc1.CCCc1ccc(S(=O)(=O)C2(C(=O)NO)CCOCC2)cc1.[HH].[HH]. The molecular formula is C31H49N3O9S2. The molecule has 2 amide bonds. The zero-order valence-electron chi connectivity index (χ0n) is 26.1. The van der Waals surface area contributed by atoms with Gasteiger partial charge in [0.1, 0.15) is 0 Å². The van der Waals surface area contributed by atoms with Crippen molar-refractivity contribution in [2.75, 3.05) is 33.4 Å². The molecule has 14 heteroatoms. The summed E-state index contributed by atoms with van der Waals surface area (Å²) in [4.78, 5) is 26.5. The Morgan fingerprint density at radius 1 is 0.733 bits per heavy atom. The first-order chi connectivity index (χ1) is 21.3. The maximum Gasteiger partial charge on any atom is 0.265 e. The third-order valence-corrected chi connectivity index (χ3v) is 13.7. The highest BCUT2D eigenvalue weighted by atomic mass is 32.2. The number of carbonyl (C=O) groups is 2. The van der Waals surface area contributed by atoms with Crippen molar-refractivity contribution in [1.82, 2.24) is 15.9 Å². The quantitative estimate of drug-likeness (QED) is 0.216. The number of rotatable bonds is 10. The summed E-state index contributed by atoms with van der Waals surface area (Å²) in [5.41, 5.74) is 5.19. The summed E-state index contributed by atoms with van der Waals surface area (Å²) in [6, 6.07) is 13.3. The lowest BCUT2D eigenvalue weighted by atomic mass is 9.95. The van der Waals surface area contributed by atoms with Gasteiger partial charge in [-0.3, -0.25) is 20.0 Å². The van der Waals surface area contributed by atoms with Crippen LogP contribution in [0.25, 0.3) is 0 Å². The highest BCUT2D eigenvalue weighted by molar-refractivity contribution is 7.94. The molecule has 0 unspecified atom stereocenters. The molecule has 4 N–H and O–H groups in total. The number of sulfone groups is 2. The molecule has 254 valence electrons. The second-order valence-corrected chi connectivity index (χ2v) is 16.1. The van der Waals surface area contributed by atoms with E-state index >= 15 is 0 Å². The number of hydrogen-bond donors (Lipinski definition) is 4. The number of amides is 2. The lowest BCUT2D eigenvalue weighted by Crippen LogP contribution is -2.57. The number of carbonyl (C=O) groups excluding carboxylic acids is 2. The molecule has 2 saturated heterocycles. The van der Waals surface area contributed by atoms with Crippen molar-refractivity contribution in [3.8, 4) is 0 Å². The van der Waals surface area contributed by atoms with Crippen LogP contribution in [0.4, 0.5) is 0 Å². The Bertz CT molecular complexity index is 1510. The molecule has 2 aliphatic heterocycles. The van der Waals surface area contributed by atoms with E-state index in [2.05, 4.69) is 6.92 Å². The minimum atomic E-state index is -3.92. The number of nitrogens with one attached hydrogen (secondary N) is 2. The fraction of sp³-hybridized carbons (Fsp3) is 0.548. The van der Waals surface area contributed by atoms with E-state index in [0.717, 1.165) is 36.8 Å². The van der Waals surface area contributed by atoms with Crippen LogP contribution in [0.3, 0.4) is 0 Å². The minimum Gasteiger partial charge on any atom is -0.381 e. The van der Waals surface area contributed by atoms with Gasteiger partial charge in [0.25, 0.3) is 11.8 Å². The Morgan fingerprint density at radius 3 is 1.42 bits per heavy atom. The molecule has 2 fully saturated rings. The number of nitrogens with zero attached hydrogens (tertiary/aromatic N) is 1. The van der Waals surface area contributed by atoms with E-state index in [1.807, 2.05) is 18.9 Å². The van der Waals surface area contributed by atoms with Crippen LogP contribution in [0.15, 0.2) is 58.3 Å². The largest absolute Gasteiger partial charge is 0.381 e. The normalized spacial score (nSPS) is 18.2. The number of hydrogen-bond acceptors (Lipinski definition) is 10. The molecule has 0 bridgehead atoms. The Hall–Kier alpha value is -2.88. The monoisotopic (exact) mass is 671 g/mol. The van der Waals surface area contributed by atoms with Crippen LogP contribution >= 0.6 is 0 Å². The predicted molar refractivity (Wildman–Crippen MR) is 172 cm³/mol. The summed E-state index contributed by atoms with van der Waals surface area (Å²) in [5.74, 6) is -1.74. The Morgan fingerprint density at radius 2 is 1.09 bits per heavy atom. The smallest absolute Gasteiger partial charge is 0.265 e. The molecule has 0 saturated carbocycles. The van der Waals surface area contributed by atoms with Crippen molar-refractivity contribution in [3.63, 3.8) is 0 Å². The van der Waals surface area contributed by atoms with Gasteiger partial charge >= 0.3 is 0 Å². The first-order valence-electron chi connectivity index (χ1n) is 15.2. The van der Waals surface area contributed by atoms with Crippen molar-refractivity contribution in [2.45, 2.75) is 84.5 Å². The number of benzene rings is 2. The van der Waals surface area contributed by atoms with Crippen molar-refractivity contribution in [2.24, 2.45) is 0 Å². The molecule has 0 atom stereocenters. The summed E-state index contributed by atoms with van der Waals surface area (Å²) in [7, 11) is -5.93. The van der Waals surface area contributed by atoms with Crippen LogP contribution in [-0.2, 0) is 46.8 Å².